The molecule has 1 fully saturated rings. The number of methoxy groups -OCH3 is 1. The van der Waals surface area contributed by atoms with E-state index in [0.29, 0.717) is 30.1 Å². The van der Waals surface area contributed by atoms with Crippen LogP contribution in [0.1, 0.15) is 15.9 Å². The van der Waals surface area contributed by atoms with Gasteiger partial charge in [0.1, 0.15) is 6.17 Å². The van der Waals surface area contributed by atoms with Crippen LogP contribution >= 0.6 is 0 Å². The van der Waals surface area contributed by atoms with Crippen molar-refractivity contribution in [2.75, 3.05) is 19.0 Å². The summed E-state index contributed by atoms with van der Waals surface area (Å²) >= 11 is 0. The number of nitrogens with zero attached hydrogens (tertiary/aromatic N) is 1. The second kappa shape index (κ2) is 6.75. The van der Waals surface area contributed by atoms with Crippen LogP contribution in [0.15, 0.2) is 42.6 Å². The van der Waals surface area contributed by atoms with E-state index in [2.05, 4.69) is 15.6 Å². The van der Waals surface area contributed by atoms with Gasteiger partial charge in [-0.25, -0.2) is 9.37 Å². The Morgan fingerprint density at radius 1 is 1.39 bits per heavy atom. The Kier molecular flexibility index (Phi) is 4.52. The van der Waals surface area contributed by atoms with Crippen molar-refractivity contribution in [3.05, 3.63) is 53.7 Å². The standard InChI is InChI=1S/C17H18FN3O2/c1-23-16-9-12(6-7-19-16)17(22)21-13-4-2-11(3-5-13)8-15-14(18)10-20-15/h2-7,9,14-15,20H,8,10H2,1H3,(H,21,22)/t14-,15-/m0/s1. The number of carbonyl (C=O) groups excluding carboxylic acids is 1. The van der Waals surface area contributed by atoms with Gasteiger partial charge < -0.3 is 15.4 Å². The second-order valence-electron chi connectivity index (χ2n) is 5.47. The summed E-state index contributed by atoms with van der Waals surface area (Å²) in [7, 11) is 1.50. The van der Waals surface area contributed by atoms with Gasteiger partial charge >= 0.3 is 0 Å². The Balaban J connectivity index is 1.62. The normalized spacial score (nSPS) is 19.7. The number of halogens is 1. The fourth-order valence-corrected chi connectivity index (χ4v) is 2.42. The van der Waals surface area contributed by atoms with Crippen LogP contribution in [0.2, 0.25) is 0 Å². The number of nitrogens with one attached hydrogen (secondary N) is 2. The topological polar surface area (TPSA) is 63.2 Å². The van der Waals surface area contributed by atoms with E-state index in [1.54, 1.807) is 12.1 Å². The minimum absolute atomic E-state index is 0.0975. The highest BCUT2D eigenvalue weighted by molar-refractivity contribution is 6.04. The van der Waals surface area contributed by atoms with E-state index in [1.165, 1.54) is 13.3 Å². The monoisotopic (exact) mass is 315 g/mol. The number of hydrogen-bond donors (Lipinski definition) is 2. The van der Waals surface area contributed by atoms with E-state index < -0.39 is 6.17 Å². The van der Waals surface area contributed by atoms with E-state index in [9.17, 15) is 9.18 Å². The average molecular weight is 315 g/mol. The van der Waals surface area contributed by atoms with Crippen LogP contribution in [0.4, 0.5) is 10.1 Å². The Hall–Kier alpha value is -2.47. The zero-order valence-electron chi connectivity index (χ0n) is 12.8. The van der Waals surface area contributed by atoms with Crippen LogP contribution in [0.5, 0.6) is 5.88 Å². The molecule has 2 atom stereocenters. The van der Waals surface area contributed by atoms with Gasteiger partial charge in [-0.05, 0) is 30.2 Å². The molecule has 1 amide bonds. The third kappa shape index (κ3) is 3.65. The van der Waals surface area contributed by atoms with Crippen molar-refractivity contribution >= 4 is 11.6 Å². The second-order valence-corrected chi connectivity index (χ2v) is 5.47. The zero-order chi connectivity index (χ0) is 16.2. The van der Waals surface area contributed by atoms with Crippen LogP contribution in [-0.4, -0.2) is 36.8 Å². The summed E-state index contributed by atoms with van der Waals surface area (Å²) in [5, 5.41) is 5.88. The van der Waals surface area contributed by atoms with Crippen LogP contribution in [0.3, 0.4) is 0 Å². The number of aromatic nitrogens is 1. The summed E-state index contributed by atoms with van der Waals surface area (Å²) in [6, 6.07) is 10.5. The first kappa shape index (κ1) is 15.4. The first-order valence-corrected chi connectivity index (χ1v) is 7.43. The van der Waals surface area contributed by atoms with E-state index in [-0.39, 0.29) is 11.9 Å². The molecular weight excluding hydrogens is 297 g/mol. The lowest BCUT2D eigenvalue weighted by Crippen LogP contribution is -2.55. The lowest BCUT2D eigenvalue weighted by Gasteiger charge is -2.32. The van der Waals surface area contributed by atoms with Crippen molar-refractivity contribution < 1.29 is 13.9 Å². The van der Waals surface area contributed by atoms with Gasteiger partial charge in [0, 0.05) is 36.1 Å². The fourth-order valence-electron chi connectivity index (χ4n) is 2.42. The molecule has 120 valence electrons. The van der Waals surface area contributed by atoms with E-state index in [1.807, 2.05) is 24.3 Å². The molecule has 0 spiro atoms. The third-order valence-corrected chi connectivity index (χ3v) is 3.89. The van der Waals surface area contributed by atoms with Gasteiger partial charge in [-0.15, -0.1) is 0 Å². The predicted molar refractivity (Wildman–Crippen MR) is 85.6 cm³/mol. The molecule has 1 aromatic carbocycles. The number of amides is 1. The maximum Gasteiger partial charge on any atom is 0.255 e. The molecule has 1 aromatic heterocycles. The first-order chi connectivity index (χ1) is 11.2. The molecule has 0 radical (unpaired) electrons. The Bertz CT molecular complexity index is 690. The number of pyridine rings is 1. The molecule has 2 aromatic rings. The molecule has 5 nitrogen and oxygen atoms in total. The van der Waals surface area contributed by atoms with Gasteiger partial charge in [0.15, 0.2) is 0 Å². The number of carbonyl (C=O) groups is 1. The molecule has 0 bridgehead atoms. The van der Waals surface area contributed by atoms with Crippen LogP contribution in [0, 0.1) is 0 Å². The lowest BCUT2D eigenvalue weighted by atomic mass is 9.96. The molecule has 6 heteroatoms. The van der Waals surface area contributed by atoms with Gasteiger partial charge in [-0.1, -0.05) is 12.1 Å². The zero-order valence-corrected chi connectivity index (χ0v) is 12.8. The lowest BCUT2D eigenvalue weighted by molar-refractivity contribution is 0.102. The van der Waals surface area contributed by atoms with Crippen LogP contribution in [-0.2, 0) is 6.42 Å². The van der Waals surface area contributed by atoms with E-state index in [0.717, 1.165) is 5.56 Å². The molecule has 23 heavy (non-hydrogen) atoms. The molecular formula is C17H18FN3O2. The summed E-state index contributed by atoms with van der Waals surface area (Å²) in [6.45, 7) is 0.439. The van der Waals surface area contributed by atoms with Crippen molar-refractivity contribution in [3.63, 3.8) is 0 Å². The van der Waals surface area contributed by atoms with Gasteiger partial charge in [-0.3, -0.25) is 4.79 Å². The van der Waals surface area contributed by atoms with Crippen molar-refractivity contribution in [1.29, 1.82) is 0 Å². The SMILES string of the molecule is COc1cc(C(=O)Nc2ccc(C[C@@H]3NC[C@@H]3F)cc2)ccn1. The molecule has 1 aliphatic heterocycles. The van der Waals surface area contributed by atoms with Crippen molar-refractivity contribution in [2.24, 2.45) is 0 Å². The maximum absolute atomic E-state index is 13.2. The smallest absolute Gasteiger partial charge is 0.255 e. The number of ether oxygens (including phenoxy) is 1. The van der Waals surface area contributed by atoms with Crippen LogP contribution < -0.4 is 15.4 Å². The molecule has 0 unspecified atom stereocenters. The molecule has 1 aliphatic rings. The largest absolute Gasteiger partial charge is 0.481 e. The Labute approximate surface area is 133 Å². The van der Waals surface area contributed by atoms with Crippen molar-refractivity contribution in [2.45, 2.75) is 18.6 Å². The predicted octanol–water partition coefficient (Wildman–Crippen LogP) is 2.19. The molecule has 3 rings (SSSR count). The van der Waals surface area contributed by atoms with Gasteiger partial charge in [-0.2, -0.15) is 0 Å². The van der Waals surface area contributed by atoms with E-state index >= 15 is 0 Å². The highest BCUT2D eigenvalue weighted by Crippen LogP contribution is 2.17. The Morgan fingerprint density at radius 2 is 2.17 bits per heavy atom. The summed E-state index contributed by atoms with van der Waals surface area (Å²) in [5.41, 5.74) is 2.20. The number of hydrogen-bond acceptors (Lipinski definition) is 4. The average Bonchev–Trinajstić information content (AvgIpc) is 2.59. The number of anilines is 1. The van der Waals surface area contributed by atoms with Crippen molar-refractivity contribution in [1.82, 2.24) is 10.3 Å². The molecule has 2 heterocycles. The number of benzene rings is 1. The maximum atomic E-state index is 13.2. The molecule has 2 N–H and O–H groups in total. The molecule has 0 saturated carbocycles. The fraction of sp³-hybridized carbons (Fsp3) is 0.294. The molecule has 1 saturated heterocycles. The number of alkyl halides is 1. The quantitative estimate of drug-likeness (QED) is 0.888. The Morgan fingerprint density at radius 3 is 2.78 bits per heavy atom. The minimum Gasteiger partial charge on any atom is -0.481 e. The van der Waals surface area contributed by atoms with Gasteiger partial charge in [0.05, 0.1) is 7.11 Å². The summed E-state index contributed by atoms with van der Waals surface area (Å²) in [4.78, 5) is 16.2. The highest BCUT2D eigenvalue weighted by Gasteiger charge is 2.29. The van der Waals surface area contributed by atoms with Crippen molar-refractivity contribution in [3.8, 4) is 5.88 Å². The molecule has 0 aliphatic carbocycles. The van der Waals surface area contributed by atoms with Gasteiger partial charge in [0.2, 0.25) is 5.88 Å². The van der Waals surface area contributed by atoms with Gasteiger partial charge in [0.25, 0.3) is 5.91 Å². The summed E-state index contributed by atoms with van der Waals surface area (Å²) in [5.74, 6) is 0.157. The third-order valence-electron chi connectivity index (χ3n) is 3.89. The number of rotatable bonds is 5. The summed E-state index contributed by atoms with van der Waals surface area (Å²) < 4.78 is 18.2. The highest BCUT2D eigenvalue weighted by atomic mass is 19.1. The minimum atomic E-state index is -0.768. The van der Waals surface area contributed by atoms with E-state index in [4.69, 9.17) is 4.74 Å². The first-order valence-electron chi connectivity index (χ1n) is 7.43. The summed E-state index contributed by atoms with van der Waals surface area (Å²) in [6.07, 6.45) is 1.41. The van der Waals surface area contributed by atoms with Crippen LogP contribution in [0.25, 0.3) is 0 Å².